The van der Waals surface area contributed by atoms with Gasteiger partial charge >= 0.3 is 5.97 Å². The number of carbonyl (C=O) groups excluding carboxylic acids is 1. The van der Waals surface area contributed by atoms with Gasteiger partial charge in [-0.2, -0.15) is 0 Å². The van der Waals surface area contributed by atoms with Gasteiger partial charge in [0.05, 0.1) is 16.6 Å². The van der Waals surface area contributed by atoms with Crippen molar-refractivity contribution in [3.8, 4) is 0 Å². The number of hydrogen-bond donors (Lipinski definition) is 1. The Labute approximate surface area is 393 Å². The van der Waals surface area contributed by atoms with Gasteiger partial charge in [-0.15, -0.1) is 0 Å². The minimum atomic E-state index is -2.72. The van der Waals surface area contributed by atoms with E-state index >= 15 is 0 Å². The van der Waals surface area contributed by atoms with Crippen LogP contribution in [-0.4, -0.2) is 58.1 Å². The van der Waals surface area contributed by atoms with E-state index in [4.69, 9.17) is 13.6 Å². The summed E-state index contributed by atoms with van der Waals surface area (Å²) in [6.45, 7) is 22.1. The zero-order chi connectivity index (χ0) is 46.3. The van der Waals surface area contributed by atoms with Crippen molar-refractivity contribution in [3.63, 3.8) is 0 Å². The standard InChI is InChI=1S/C29H32BrNO5Si.C22H29BrO2Si/c1-22(30)21-25(36-28(32)23-15-17-24(18-16-23)31(33)34)19-20-35-37(29(2,3)4,26-11-7-5-8-12-26)27-13-9-6-10-14-27;1-18(23)17-19(24)15-16-25-26(22(2,3)4,20-11-7-5-8-12-20)21-13-9-6-10-14-21/h5-18,25H,1,19-21H2,2-4H3;5-14,19,24H,1,15-17H2,2-4H3/t25-;19-/m11/s1. The number of non-ortho nitro benzene ring substituents is 1. The lowest BCUT2D eigenvalue weighted by Crippen LogP contribution is -2.66. The molecule has 0 heterocycles. The second-order valence-corrected chi connectivity index (χ2v) is 28.4. The lowest BCUT2D eigenvalue weighted by atomic mass is 10.1. The fourth-order valence-electron chi connectivity index (χ4n) is 7.96. The van der Waals surface area contributed by atoms with Crippen molar-refractivity contribution in [2.24, 2.45) is 0 Å². The fraction of sp³-hybridized carbons (Fsp3) is 0.314. The van der Waals surface area contributed by atoms with Gasteiger partial charge < -0.3 is 18.7 Å². The Hall–Kier alpha value is -4.28. The predicted octanol–water partition coefficient (Wildman–Crippen LogP) is 11.0. The SMILES string of the molecule is C=C(Br)C[C@@H](CCO[Si](c1ccccc1)(c1ccccc1)C(C)(C)C)OC(=O)c1ccc([N+](=O)[O-])cc1.C=C(Br)C[C@H](O)CCO[Si](c1ccccc1)(c1ccccc1)C(C)(C)C. The summed E-state index contributed by atoms with van der Waals surface area (Å²) in [6, 6.07) is 47.2. The number of carbonyl (C=O) groups is 1. The number of benzene rings is 5. The molecule has 5 rings (SSSR count). The number of nitrogens with zero attached hydrogens (tertiary/aromatic N) is 1. The third-order valence-electron chi connectivity index (χ3n) is 10.9. The summed E-state index contributed by atoms with van der Waals surface area (Å²) in [5.41, 5.74) is 0.171. The number of halogens is 2. The molecule has 0 fully saturated rings. The van der Waals surface area contributed by atoms with Gasteiger partial charge in [-0.05, 0) is 58.3 Å². The molecule has 0 aromatic heterocycles. The quantitative estimate of drug-likeness (QED) is 0.0380. The van der Waals surface area contributed by atoms with Crippen molar-refractivity contribution in [1.82, 2.24) is 0 Å². The van der Waals surface area contributed by atoms with Crippen molar-refractivity contribution < 1.29 is 28.4 Å². The smallest absolute Gasteiger partial charge is 0.338 e. The third kappa shape index (κ3) is 13.9. The molecule has 0 aliphatic rings. The van der Waals surface area contributed by atoms with Gasteiger partial charge in [-0.3, -0.25) is 10.1 Å². The number of esters is 1. The number of aliphatic hydroxyl groups excluding tert-OH is 1. The van der Waals surface area contributed by atoms with Gasteiger partial charge in [0.1, 0.15) is 6.10 Å². The second kappa shape index (κ2) is 23.6. The lowest BCUT2D eigenvalue weighted by Gasteiger charge is -2.43. The first-order chi connectivity index (χ1) is 29.8. The van der Waals surface area contributed by atoms with Crippen LogP contribution in [0.25, 0.3) is 0 Å². The van der Waals surface area contributed by atoms with Crippen LogP contribution in [0.1, 0.15) is 77.6 Å². The van der Waals surface area contributed by atoms with Gasteiger partial charge in [-0.1, -0.05) is 208 Å². The van der Waals surface area contributed by atoms with Crippen molar-refractivity contribution in [3.05, 3.63) is 183 Å². The van der Waals surface area contributed by atoms with Crippen LogP contribution < -0.4 is 20.7 Å². The maximum Gasteiger partial charge on any atom is 0.338 e. The zero-order valence-corrected chi connectivity index (χ0v) is 42.4. The molecule has 63 heavy (non-hydrogen) atoms. The highest BCUT2D eigenvalue weighted by atomic mass is 79.9. The molecule has 0 amide bonds. The van der Waals surface area contributed by atoms with Crippen LogP contribution in [-0.2, 0) is 13.6 Å². The van der Waals surface area contributed by atoms with Gasteiger partial charge in [-0.25, -0.2) is 4.79 Å². The molecule has 8 nitrogen and oxygen atoms in total. The molecule has 0 aliphatic heterocycles. The Morgan fingerprint density at radius 2 is 0.968 bits per heavy atom. The van der Waals surface area contributed by atoms with E-state index in [0.29, 0.717) is 43.4 Å². The summed E-state index contributed by atoms with van der Waals surface area (Å²) in [7, 11) is -5.22. The number of rotatable bonds is 19. The Kier molecular flexibility index (Phi) is 19.2. The number of hydrogen-bond acceptors (Lipinski definition) is 7. The number of nitro groups is 1. The highest BCUT2D eigenvalue weighted by molar-refractivity contribution is 9.12. The number of nitro benzene ring substituents is 1. The molecule has 2 atom stereocenters. The minimum Gasteiger partial charge on any atom is -0.458 e. The van der Waals surface area contributed by atoms with Crippen LogP contribution in [0.5, 0.6) is 0 Å². The lowest BCUT2D eigenvalue weighted by molar-refractivity contribution is -0.384. The van der Waals surface area contributed by atoms with E-state index in [9.17, 15) is 20.0 Å². The first kappa shape index (κ1) is 51.4. The second-order valence-electron chi connectivity index (χ2n) is 17.5. The van der Waals surface area contributed by atoms with Crippen molar-refractivity contribution in [1.29, 1.82) is 0 Å². The summed E-state index contributed by atoms with van der Waals surface area (Å²) in [6.07, 6.45) is 1.10. The van der Waals surface area contributed by atoms with E-state index < -0.39 is 39.7 Å². The van der Waals surface area contributed by atoms with Crippen molar-refractivity contribution in [2.45, 2.75) is 89.5 Å². The van der Waals surface area contributed by atoms with Gasteiger partial charge in [0.2, 0.25) is 0 Å². The van der Waals surface area contributed by atoms with Crippen LogP contribution in [0.4, 0.5) is 5.69 Å². The minimum absolute atomic E-state index is 0.0420. The van der Waals surface area contributed by atoms with E-state index in [2.05, 4.69) is 159 Å². The largest absolute Gasteiger partial charge is 0.458 e. The van der Waals surface area contributed by atoms with E-state index in [1.165, 1.54) is 45.0 Å². The fourth-order valence-corrected chi connectivity index (χ4v) is 17.9. The molecule has 0 spiro atoms. The predicted molar refractivity (Wildman–Crippen MR) is 270 cm³/mol. The maximum absolute atomic E-state index is 12.8. The topological polar surface area (TPSA) is 108 Å². The molecule has 5 aromatic rings. The molecule has 5 aromatic carbocycles. The summed E-state index contributed by atoms with van der Waals surface area (Å²) in [5, 5.41) is 25.8. The zero-order valence-electron chi connectivity index (χ0n) is 37.3. The van der Waals surface area contributed by atoms with Crippen LogP contribution in [0.3, 0.4) is 0 Å². The van der Waals surface area contributed by atoms with Crippen LogP contribution >= 0.6 is 31.9 Å². The molecule has 0 radical (unpaired) electrons. The Balaban J connectivity index is 0.000000294. The summed E-state index contributed by atoms with van der Waals surface area (Å²) >= 11 is 6.72. The van der Waals surface area contributed by atoms with E-state index in [-0.39, 0.29) is 21.3 Å². The Bertz CT molecular complexity index is 2140. The van der Waals surface area contributed by atoms with E-state index in [1.54, 1.807) is 0 Å². The number of ether oxygens (including phenoxy) is 1. The van der Waals surface area contributed by atoms with E-state index in [1.807, 2.05) is 48.5 Å². The highest BCUT2D eigenvalue weighted by Gasteiger charge is 2.51. The monoisotopic (exact) mass is 1010 g/mol. The Morgan fingerprint density at radius 1 is 0.619 bits per heavy atom. The first-order valence-electron chi connectivity index (χ1n) is 21.1. The Morgan fingerprint density at radius 3 is 1.29 bits per heavy atom. The van der Waals surface area contributed by atoms with Crippen LogP contribution in [0.15, 0.2) is 168 Å². The first-order valence-corrected chi connectivity index (χ1v) is 26.5. The van der Waals surface area contributed by atoms with Gasteiger partial charge in [0.15, 0.2) is 0 Å². The normalized spacial score (nSPS) is 12.9. The molecule has 0 saturated heterocycles. The highest BCUT2D eigenvalue weighted by Crippen LogP contribution is 2.38. The molecule has 334 valence electrons. The molecular weight excluding hydrogens is 955 g/mol. The van der Waals surface area contributed by atoms with Crippen molar-refractivity contribution in [2.75, 3.05) is 13.2 Å². The molecular formula is C51H61Br2NO7Si2. The number of aliphatic hydroxyl groups is 1. The van der Waals surface area contributed by atoms with Gasteiger partial charge in [0.25, 0.3) is 22.3 Å². The molecule has 0 aliphatic carbocycles. The van der Waals surface area contributed by atoms with Crippen LogP contribution in [0, 0.1) is 10.1 Å². The molecule has 1 N–H and O–H groups in total. The summed E-state index contributed by atoms with van der Waals surface area (Å²) in [5.74, 6) is -0.543. The molecule has 0 unspecified atom stereocenters. The summed E-state index contributed by atoms with van der Waals surface area (Å²) in [4.78, 5) is 23.2. The van der Waals surface area contributed by atoms with Crippen molar-refractivity contribution >= 4 is 80.9 Å². The van der Waals surface area contributed by atoms with E-state index in [0.717, 1.165) is 4.48 Å². The average Bonchev–Trinajstić information content (AvgIpc) is 3.24. The maximum atomic E-state index is 12.8. The summed E-state index contributed by atoms with van der Waals surface area (Å²) < 4.78 is 21.0. The van der Waals surface area contributed by atoms with Crippen LogP contribution in [0.2, 0.25) is 10.1 Å². The molecule has 0 bridgehead atoms. The third-order valence-corrected chi connectivity index (χ3v) is 21.6. The molecule has 12 heteroatoms. The van der Waals surface area contributed by atoms with Gasteiger partial charge in [0, 0.05) is 44.6 Å². The molecule has 0 saturated carbocycles. The average molecular weight is 1020 g/mol.